The molecule has 0 spiro atoms. The molecule has 0 aromatic heterocycles. The number of hydrogen-bond acceptors (Lipinski definition) is 3. The number of halogens is 3. The maximum absolute atomic E-state index is 11.5. The Bertz CT molecular complexity index is 118. The third-order valence-corrected chi connectivity index (χ3v) is 1.11. The summed E-state index contributed by atoms with van der Waals surface area (Å²) in [6, 6.07) is 0. The van der Waals surface area contributed by atoms with Gasteiger partial charge in [0, 0.05) is 13.7 Å². The quantitative estimate of drug-likeness (QED) is 0.516. The van der Waals surface area contributed by atoms with E-state index in [4.69, 9.17) is 4.74 Å². The van der Waals surface area contributed by atoms with Crippen LogP contribution in [0.4, 0.5) is 13.2 Å². The average Bonchev–Trinajstić information content (AvgIpc) is 1.96. The molecular formula is C6H12F3NO2. The lowest BCUT2D eigenvalue weighted by molar-refractivity contribution is -0.191. The molecule has 0 aromatic rings. The Morgan fingerprint density at radius 1 is 1.42 bits per heavy atom. The first-order valence-electron chi connectivity index (χ1n) is 3.40. The summed E-state index contributed by atoms with van der Waals surface area (Å²) in [5, 5.41) is 0. The Kier molecular flexibility index (Phi) is 5.19. The minimum absolute atomic E-state index is 0.168. The lowest BCUT2D eigenvalue weighted by Crippen LogP contribution is -2.30. The fraction of sp³-hybridized carbons (Fsp3) is 1.00. The zero-order chi connectivity index (χ0) is 9.61. The zero-order valence-corrected chi connectivity index (χ0v) is 6.94. The van der Waals surface area contributed by atoms with E-state index in [1.165, 1.54) is 7.11 Å². The van der Waals surface area contributed by atoms with Gasteiger partial charge in [-0.2, -0.15) is 18.7 Å². The second-order valence-electron chi connectivity index (χ2n) is 2.30. The van der Waals surface area contributed by atoms with Crippen LogP contribution in [0.15, 0.2) is 0 Å². The average molecular weight is 187 g/mol. The predicted molar refractivity (Wildman–Crippen MR) is 36.5 cm³/mol. The third kappa shape index (κ3) is 7.77. The van der Waals surface area contributed by atoms with Crippen LogP contribution in [0.1, 0.15) is 6.92 Å². The number of nitrogens with one attached hydrogen (secondary N) is 1. The molecule has 0 rings (SSSR count). The molecule has 0 radical (unpaired) electrons. The van der Waals surface area contributed by atoms with Crippen molar-refractivity contribution in [3.05, 3.63) is 0 Å². The summed E-state index contributed by atoms with van der Waals surface area (Å²) in [5.74, 6) is 0. The number of hydrogen-bond donors (Lipinski definition) is 1. The van der Waals surface area contributed by atoms with Crippen LogP contribution in [0.3, 0.4) is 0 Å². The van der Waals surface area contributed by atoms with Crippen molar-refractivity contribution in [3.63, 3.8) is 0 Å². The second-order valence-corrected chi connectivity index (χ2v) is 2.30. The summed E-state index contributed by atoms with van der Waals surface area (Å²) in [6.07, 6.45) is -4.46. The van der Waals surface area contributed by atoms with E-state index in [1.807, 2.05) is 0 Å². The molecule has 0 aliphatic heterocycles. The van der Waals surface area contributed by atoms with Crippen molar-refractivity contribution >= 4 is 0 Å². The van der Waals surface area contributed by atoms with Crippen molar-refractivity contribution in [1.29, 1.82) is 0 Å². The molecule has 0 bridgehead atoms. The van der Waals surface area contributed by atoms with Crippen LogP contribution in [0.5, 0.6) is 0 Å². The number of rotatable bonds is 5. The van der Waals surface area contributed by atoms with E-state index in [0.29, 0.717) is 0 Å². The number of alkyl halides is 3. The predicted octanol–water partition coefficient (Wildman–Crippen LogP) is 1.10. The molecule has 0 amide bonds. The largest absolute Gasteiger partial charge is 0.413 e. The van der Waals surface area contributed by atoms with Crippen LogP contribution in [0.2, 0.25) is 0 Å². The molecule has 3 nitrogen and oxygen atoms in total. The van der Waals surface area contributed by atoms with E-state index in [-0.39, 0.29) is 12.6 Å². The van der Waals surface area contributed by atoms with Gasteiger partial charge in [-0.05, 0) is 6.92 Å². The van der Waals surface area contributed by atoms with Gasteiger partial charge in [-0.1, -0.05) is 0 Å². The monoisotopic (exact) mass is 187 g/mol. The van der Waals surface area contributed by atoms with Crippen LogP contribution in [-0.2, 0) is 9.57 Å². The molecule has 0 aromatic carbocycles. The molecule has 0 aliphatic carbocycles. The third-order valence-electron chi connectivity index (χ3n) is 1.11. The van der Waals surface area contributed by atoms with E-state index < -0.39 is 12.8 Å². The van der Waals surface area contributed by atoms with Crippen LogP contribution in [0.25, 0.3) is 0 Å². The van der Waals surface area contributed by atoms with Crippen molar-refractivity contribution in [2.45, 2.75) is 19.2 Å². The van der Waals surface area contributed by atoms with Gasteiger partial charge >= 0.3 is 6.18 Å². The molecule has 12 heavy (non-hydrogen) atoms. The number of ether oxygens (including phenoxy) is 1. The summed E-state index contributed by atoms with van der Waals surface area (Å²) in [7, 11) is 1.47. The van der Waals surface area contributed by atoms with Gasteiger partial charge in [-0.15, -0.1) is 0 Å². The first kappa shape index (κ1) is 11.7. The van der Waals surface area contributed by atoms with Crippen molar-refractivity contribution in [2.24, 2.45) is 0 Å². The van der Waals surface area contributed by atoms with Crippen molar-refractivity contribution in [1.82, 2.24) is 5.48 Å². The summed E-state index contributed by atoms with van der Waals surface area (Å²) in [6.45, 7) is 0.653. The molecule has 74 valence electrons. The zero-order valence-electron chi connectivity index (χ0n) is 6.94. The first-order chi connectivity index (χ1) is 5.45. The Morgan fingerprint density at radius 2 is 2.00 bits per heavy atom. The highest BCUT2D eigenvalue weighted by atomic mass is 19.4. The molecule has 1 unspecified atom stereocenters. The van der Waals surface area contributed by atoms with E-state index in [9.17, 15) is 13.2 Å². The molecule has 1 atom stereocenters. The van der Waals surface area contributed by atoms with Crippen molar-refractivity contribution in [3.8, 4) is 0 Å². The first-order valence-corrected chi connectivity index (χ1v) is 3.40. The highest BCUT2D eigenvalue weighted by Gasteiger charge is 2.27. The van der Waals surface area contributed by atoms with Gasteiger partial charge in [0.1, 0.15) is 0 Å². The minimum atomic E-state index is -4.29. The van der Waals surface area contributed by atoms with Gasteiger partial charge in [-0.25, -0.2) is 0 Å². The second kappa shape index (κ2) is 5.34. The summed E-state index contributed by atoms with van der Waals surface area (Å²) in [5.41, 5.74) is 2.15. The standard InChI is InChI=1S/C6H12F3NO2/c1-5(11-2)3-10-12-4-6(7,8)9/h5,10H,3-4H2,1-2H3. The summed E-state index contributed by atoms with van der Waals surface area (Å²) >= 11 is 0. The molecule has 6 heteroatoms. The SMILES string of the molecule is COC(C)CNOCC(F)(F)F. The highest BCUT2D eigenvalue weighted by molar-refractivity contribution is 4.48. The van der Waals surface area contributed by atoms with E-state index >= 15 is 0 Å². The Morgan fingerprint density at radius 3 is 2.42 bits per heavy atom. The van der Waals surface area contributed by atoms with E-state index in [2.05, 4.69) is 10.3 Å². The normalized spacial score (nSPS) is 14.8. The molecule has 0 fully saturated rings. The van der Waals surface area contributed by atoms with Gasteiger partial charge < -0.3 is 4.74 Å². The van der Waals surface area contributed by atoms with E-state index in [0.717, 1.165) is 0 Å². The van der Waals surface area contributed by atoms with E-state index in [1.54, 1.807) is 6.92 Å². The van der Waals surface area contributed by atoms with Gasteiger partial charge in [0.25, 0.3) is 0 Å². The lowest BCUT2D eigenvalue weighted by atomic mass is 10.4. The smallest absolute Gasteiger partial charge is 0.380 e. The molecule has 0 heterocycles. The molecular weight excluding hydrogens is 175 g/mol. The Hall–Kier alpha value is -0.330. The van der Waals surface area contributed by atoms with Gasteiger partial charge in [0.05, 0.1) is 6.10 Å². The maximum atomic E-state index is 11.5. The van der Waals surface area contributed by atoms with Crippen LogP contribution in [-0.4, -0.2) is 32.5 Å². The highest BCUT2D eigenvalue weighted by Crippen LogP contribution is 2.13. The fourth-order valence-electron chi connectivity index (χ4n) is 0.392. The fourth-order valence-corrected chi connectivity index (χ4v) is 0.392. The van der Waals surface area contributed by atoms with Gasteiger partial charge in [-0.3, -0.25) is 4.84 Å². The Balaban J connectivity index is 3.22. The molecule has 1 N–H and O–H groups in total. The Labute approximate surface area is 68.8 Å². The van der Waals surface area contributed by atoms with Crippen molar-refractivity contribution < 1.29 is 22.7 Å². The lowest BCUT2D eigenvalue weighted by Gasteiger charge is -2.11. The van der Waals surface area contributed by atoms with Crippen LogP contribution < -0.4 is 5.48 Å². The van der Waals surface area contributed by atoms with Crippen molar-refractivity contribution in [2.75, 3.05) is 20.3 Å². The maximum Gasteiger partial charge on any atom is 0.413 e. The number of methoxy groups -OCH3 is 1. The molecule has 0 saturated carbocycles. The minimum Gasteiger partial charge on any atom is -0.380 e. The molecule has 0 saturated heterocycles. The van der Waals surface area contributed by atoms with Crippen LogP contribution in [0, 0.1) is 0 Å². The van der Waals surface area contributed by atoms with Crippen LogP contribution >= 0.6 is 0 Å². The summed E-state index contributed by atoms with van der Waals surface area (Å²) in [4.78, 5) is 4.12. The number of hydroxylamine groups is 1. The molecule has 0 aliphatic rings. The topological polar surface area (TPSA) is 30.5 Å². The van der Waals surface area contributed by atoms with Gasteiger partial charge in [0.2, 0.25) is 0 Å². The van der Waals surface area contributed by atoms with Gasteiger partial charge in [0.15, 0.2) is 6.61 Å². The summed E-state index contributed by atoms with van der Waals surface area (Å²) < 4.78 is 39.2.